The van der Waals surface area contributed by atoms with Crippen LogP contribution in [-0.4, -0.2) is 39.6 Å². The van der Waals surface area contributed by atoms with Crippen LogP contribution >= 0.6 is 11.6 Å². The van der Waals surface area contributed by atoms with Gasteiger partial charge >= 0.3 is 0 Å². The Kier molecular flexibility index (Phi) is 4.57. The quantitative estimate of drug-likeness (QED) is 0.923. The Hall–Kier alpha value is -2.34. The van der Waals surface area contributed by atoms with Crippen molar-refractivity contribution in [2.75, 3.05) is 7.05 Å². The fourth-order valence-electron chi connectivity index (χ4n) is 3.02. The van der Waals surface area contributed by atoms with Gasteiger partial charge < -0.3 is 10.2 Å². The van der Waals surface area contributed by atoms with Crippen LogP contribution in [-0.2, 0) is 11.3 Å². The van der Waals surface area contributed by atoms with E-state index in [1.165, 1.54) is 6.20 Å². The molecule has 1 aromatic carbocycles. The smallest absolute Gasteiger partial charge is 0.254 e. The molecule has 3 rings (SSSR count). The first-order valence-electron chi connectivity index (χ1n) is 7.84. The molecular formula is C17H19ClN4O2. The monoisotopic (exact) mass is 346 g/mol. The van der Waals surface area contributed by atoms with Crippen LogP contribution in [0.25, 0.3) is 0 Å². The molecule has 0 radical (unpaired) electrons. The number of amides is 2. The summed E-state index contributed by atoms with van der Waals surface area (Å²) >= 11 is 5.94. The van der Waals surface area contributed by atoms with E-state index in [2.05, 4.69) is 10.4 Å². The van der Waals surface area contributed by atoms with Gasteiger partial charge in [-0.05, 0) is 24.6 Å². The largest absolute Gasteiger partial charge is 0.346 e. The zero-order chi connectivity index (χ0) is 17.3. The number of aromatic nitrogens is 2. The normalized spacial score (nSPS) is 20.5. The third kappa shape index (κ3) is 3.14. The number of hydrogen-bond acceptors (Lipinski definition) is 3. The fraction of sp³-hybridized carbons (Fsp3) is 0.353. The van der Waals surface area contributed by atoms with E-state index in [1.807, 2.05) is 19.1 Å². The van der Waals surface area contributed by atoms with Crippen molar-refractivity contribution in [2.24, 2.45) is 0 Å². The third-order valence-corrected chi connectivity index (χ3v) is 4.59. The van der Waals surface area contributed by atoms with E-state index in [9.17, 15) is 9.59 Å². The van der Waals surface area contributed by atoms with Gasteiger partial charge in [-0.15, -0.1) is 0 Å². The molecular weight excluding hydrogens is 328 g/mol. The van der Waals surface area contributed by atoms with Crippen LogP contribution in [0.4, 0.5) is 0 Å². The molecule has 1 saturated heterocycles. The molecule has 0 saturated carbocycles. The highest BCUT2D eigenvalue weighted by molar-refractivity contribution is 6.30. The van der Waals surface area contributed by atoms with Crippen molar-refractivity contribution in [3.63, 3.8) is 0 Å². The van der Waals surface area contributed by atoms with Crippen molar-refractivity contribution in [2.45, 2.75) is 32.0 Å². The van der Waals surface area contributed by atoms with E-state index >= 15 is 0 Å². The number of benzene rings is 1. The van der Waals surface area contributed by atoms with Crippen LogP contribution < -0.4 is 5.32 Å². The Balaban J connectivity index is 1.81. The lowest BCUT2D eigenvalue weighted by Gasteiger charge is -2.26. The number of likely N-dealkylation sites (N-methyl/N-ethyl adjacent to an activating group) is 1. The van der Waals surface area contributed by atoms with Crippen molar-refractivity contribution >= 4 is 23.4 Å². The Morgan fingerprint density at radius 3 is 2.71 bits per heavy atom. The minimum atomic E-state index is -0.291. The molecule has 2 aromatic rings. The SMILES string of the molecule is CCn1cc(C(=O)NC2CC(=O)N(C)C2c2ccc(Cl)cc2)cn1. The predicted molar refractivity (Wildman–Crippen MR) is 90.7 cm³/mol. The molecule has 1 aliphatic heterocycles. The van der Waals surface area contributed by atoms with Crippen molar-refractivity contribution in [3.8, 4) is 0 Å². The van der Waals surface area contributed by atoms with E-state index in [4.69, 9.17) is 11.6 Å². The van der Waals surface area contributed by atoms with Gasteiger partial charge in [0.15, 0.2) is 0 Å². The van der Waals surface area contributed by atoms with Crippen LogP contribution in [0, 0.1) is 0 Å². The van der Waals surface area contributed by atoms with Gasteiger partial charge in [0.05, 0.1) is 23.8 Å². The van der Waals surface area contributed by atoms with Crippen molar-refractivity contribution in [1.29, 1.82) is 0 Å². The predicted octanol–water partition coefficient (Wildman–Crippen LogP) is 2.26. The number of carbonyl (C=O) groups excluding carboxylic acids is 2. The molecule has 24 heavy (non-hydrogen) atoms. The number of nitrogens with zero attached hydrogens (tertiary/aromatic N) is 3. The Labute approximate surface area is 145 Å². The summed E-state index contributed by atoms with van der Waals surface area (Å²) in [6.45, 7) is 2.65. The van der Waals surface area contributed by atoms with Crippen molar-refractivity contribution < 1.29 is 9.59 Å². The fourth-order valence-corrected chi connectivity index (χ4v) is 3.15. The molecule has 2 atom stereocenters. The highest BCUT2D eigenvalue weighted by atomic mass is 35.5. The molecule has 0 spiro atoms. The van der Waals surface area contributed by atoms with Crippen molar-refractivity contribution in [1.82, 2.24) is 20.0 Å². The van der Waals surface area contributed by atoms with Gasteiger partial charge in [-0.1, -0.05) is 23.7 Å². The molecule has 1 fully saturated rings. The van der Waals surface area contributed by atoms with E-state index in [1.54, 1.807) is 35.0 Å². The van der Waals surface area contributed by atoms with Gasteiger partial charge in [-0.25, -0.2) is 0 Å². The summed E-state index contributed by atoms with van der Waals surface area (Å²) in [6, 6.07) is 6.85. The summed E-state index contributed by atoms with van der Waals surface area (Å²) in [5.74, 6) is -0.216. The lowest BCUT2D eigenvalue weighted by molar-refractivity contribution is -0.127. The minimum Gasteiger partial charge on any atom is -0.346 e. The second-order valence-corrected chi connectivity index (χ2v) is 6.31. The van der Waals surface area contributed by atoms with Crippen molar-refractivity contribution in [3.05, 3.63) is 52.8 Å². The van der Waals surface area contributed by atoms with Gasteiger partial charge in [0.2, 0.25) is 5.91 Å². The number of hydrogen-bond donors (Lipinski definition) is 1. The molecule has 1 N–H and O–H groups in total. The van der Waals surface area contributed by atoms with E-state index < -0.39 is 0 Å². The van der Waals surface area contributed by atoms with Gasteiger partial charge in [0, 0.05) is 31.2 Å². The van der Waals surface area contributed by atoms with Crippen LogP contribution in [0.3, 0.4) is 0 Å². The molecule has 2 amide bonds. The maximum Gasteiger partial charge on any atom is 0.254 e. The minimum absolute atomic E-state index is 0.00417. The van der Waals surface area contributed by atoms with Crippen LogP contribution in [0.15, 0.2) is 36.7 Å². The number of carbonyl (C=O) groups is 2. The lowest BCUT2D eigenvalue weighted by atomic mass is 10.00. The molecule has 0 aliphatic carbocycles. The second-order valence-electron chi connectivity index (χ2n) is 5.87. The van der Waals surface area contributed by atoms with E-state index in [0.717, 1.165) is 5.56 Å². The maximum absolute atomic E-state index is 12.5. The molecule has 6 nitrogen and oxygen atoms in total. The summed E-state index contributed by atoms with van der Waals surface area (Å²) in [5.41, 5.74) is 1.44. The molecule has 0 bridgehead atoms. The number of aryl methyl sites for hydroxylation is 1. The molecule has 7 heteroatoms. The molecule has 2 heterocycles. The van der Waals surface area contributed by atoms with E-state index in [-0.39, 0.29) is 30.3 Å². The lowest BCUT2D eigenvalue weighted by Crippen LogP contribution is -2.38. The summed E-state index contributed by atoms with van der Waals surface area (Å²) in [6.07, 6.45) is 3.52. The van der Waals surface area contributed by atoms with Gasteiger partial charge in [0.25, 0.3) is 5.91 Å². The molecule has 1 aromatic heterocycles. The molecule has 1 aliphatic rings. The number of rotatable bonds is 4. The number of nitrogens with one attached hydrogen (secondary N) is 1. The third-order valence-electron chi connectivity index (χ3n) is 4.33. The average Bonchev–Trinajstić information content (AvgIpc) is 3.15. The first kappa shape index (κ1) is 16.5. The first-order chi connectivity index (χ1) is 11.5. The Morgan fingerprint density at radius 1 is 1.38 bits per heavy atom. The van der Waals surface area contributed by atoms with Crippen LogP contribution in [0.2, 0.25) is 5.02 Å². The summed E-state index contributed by atoms with van der Waals surface area (Å²) in [7, 11) is 1.75. The first-order valence-corrected chi connectivity index (χ1v) is 8.22. The van der Waals surface area contributed by atoms with Crippen LogP contribution in [0.5, 0.6) is 0 Å². The number of halogens is 1. The standard InChI is InChI=1S/C17H19ClN4O2/c1-3-22-10-12(9-19-22)17(24)20-14-8-15(23)21(2)16(14)11-4-6-13(18)7-5-11/h4-7,9-10,14,16H,3,8H2,1-2H3,(H,20,24). The van der Waals surface area contributed by atoms with Gasteiger partial charge in [0.1, 0.15) is 0 Å². The highest BCUT2D eigenvalue weighted by Gasteiger charge is 2.39. The Bertz CT molecular complexity index is 756. The Morgan fingerprint density at radius 2 is 2.08 bits per heavy atom. The maximum atomic E-state index is 12.5. The highest BCUT2D eigenvalue weighted by Crippen LogP contribution is 2.32. The van der Waals surface area contributed by atoms with Gasteiger partial charge in [-0.2, -0.15) is 5.10 Å². The van der Waals surface area contributed by atoms with E-state index in [0.29, 0.717) is 17.1 Å². The molecule has 126 valence electrons. The summed E-state index contributed by atoms with van der Waals surface area (Å²) < 4.78 is 1.69. The zero-order valence-corrected chi connectivity index (χ0v) is 14.3. The van der Waals surface area contributed by atoms with Gasteiger partial charge in [-0.3, -0.25) is 14.3 Å². The second kappa shape index (κ2) is 6.65. The summed E-state index contributed by atoms with van der Waals surface area (Å²) in [5, 5.41) is 7.72. The summed E-state index contributed by atoms with van der Waals surface area (Å²) in [4.78, 5) is 26.3. The zero-order valence-electron chi connectivity index (χ0n) is 13.6. The number of likely N-dealkylation sites (tertiary alicyclic amines) is 1. The average molecular weight is 347 g/mol. The topological polar surface area (TPSA) is 67.2 Å². The van der Waals surface area contributed by atoms with Crippen LogP contribution in [0.1, 0.15) is 35.3 Å². The molecule has 2 unspecified atom stereocenters.